The van der Waals surface area contributed by atoms with E-state index in [0.29, 0.717) is 5.69 Å². The van der Waals surface area contributed by atoms with Gasteiger partial charge in [-0.05, 0) is 24.6 Å². The van der Waals surface area contributed by atoms with Crippen LogP contribution in [0.4, 0.5) is 0 Å². The Labute approximate surface area is 125 Å². The number of rotatable bonds is 7. The number of nitrogens with one attached hydrogen (secondary N) is 1. The lowest BCUT2D eigenvalue weighted by atomic mass is 10.2. The zero-order valence-corrected chi connectivity index (χ0v) is 12.4. The highest BCUT2D eigenvalue weighted by Gasteiger charge is 1.98. The molecule has 2 aromatic rings. The minimum atomic E-state index is -0.0820. The van der Waals surface area contributed by atoms with E-state index in [4.69, 9.17) is 0 Å². The zero-order chi connectivity index (χ0) is 14.9. The van der Waals surface area contributed by atoms with Gasteiger partial charge in [0.25, 0.3) is 0 Å². The molecular formula is C17H21N3O. The molecular weight excluding hydrogens is 262 g/mol. The zero-order valence-electron chi connectivity index (χ0n) is 12.4. The average molecular weight is 283 g/mol. The predicted molar refractivity (Wildman–Crippen MR) is 85.7 cm³/mol. The fraction of sp³-hybridized carbons (Fsp3) is 0.353. The molecule has 0 saturated carbocycles. The third kappa shape index (κ3) is 4.99. The standard InChI is InChI=1S/C17H21N3O/c1-2-3-4-7-12-18-17(21)11-10-14-13-19-15-8-5-6-9-16(15)20-14/h5-6,8-11,13H,2-4,7,12H2,1H3,(H,18,21)/b11-10+. The Morgan fingerprint density at radius 3 is 2.81 bits per heavy atom. The number of amides is 1. The second kappa shape index (κ2) is 8.15. The molecule has 0 spiro atoms. The van der Waals surface area contributed by atoms with Crippen molar-refractivity contribution in [3.05, 3.63) is 42.2 Å². The molecule has 0 radical (unpaired) electrons. The van der Waals surface area contributed by atoms with E-state index in [1.54, 1.807) is 12.3 Å². The summed E-state index contributed by atoms with van der Waals surface area (Å²) in [5.74, 6) is -0.0820. The van der Waals surface area contributed by atoms with Crippen LogP contribution >= 0.6 is 0 Å². The second-order valence-corrected chi connectivity index (χ2v) is 4.97. The lowest BCUT2D eigenvalue weighted by Gasteiger charge is -2.01. The summed E-state index contributed by atoms with van der Waals surface area (Å²) < 4.78 is 0. The second-order valence-electron chi connectivity index (χ2n) is 4.97. The number of para-hydroxylation sites is 2. The van der Waals surface area contributed by atoms with Crippen LogP contribution in [0.2, 0.25) is 0 Å². The SMILES string of the molecule is CCCCCCNC(=O)/C=C/c1cnc2ccccc2n1. The molecule has 0 unspecified atom stereocenters. The van der Waals surface area contributed by atoms with E-state index in [0.717, 1.165) is 30.4 Å². The number of fused-ring (bicyclic) bond motifs is 1. The molecule has 21 heavy (non-hydrogen) atoms. The smallest absolute Gasteiger partial charge is 0.244 e. The maximum absolute atomic E-state index is 11.7. The summed E-state index contributed by atoms with van der Waals surface area (Å²) in [5, 5.41) is 2.88. The summed E-state index contributed by atoms with van der Waals surface area (Å²) in [6.45, 7) is 2.90. The van der Waals surface area contributed by atoms with Crippen molar-refractivity contribution in [3.63, 3.8) is 0 Å². The fourth-order valence-corrected chi connectivity index (χ4v) is 2.04. The molecule has 1 N–H and O–H groups in total. The van der Waals surface area contributed by atoms with Crippen LogP contribution in [-0.4, -0.2) is 22.4 Å². The lowest BCUT2D eigenvalue weighted by molar-refractivity contribution is -0.116. The molecule has 1 aromatic carbocycles. The first kappa shape index (κ1) is 15.2. The van der Waals surface area contributed by atoms with Gasteiger partial charge >= 0.3 is 0 Å². The topological polar surface area (TPSA) is 54.9 Å². The van der Waals surface area contributed by atoms with Crippen molar-refractivity contribution in [1.82, 2.24) is 15.3 Å². The summed E-state index contributed by atoms with van der Waals surface area (Å²) in [6.07, 6.45) is 9.50. The van der Waals surface area contributed by atoms with Gasteiger partial charge in [0.05, 0.1) is 22.9 Å². The number of hydrogen-bond acceptors (Lipinski definition) is 3. The first-order valence-electron chi connectivity index (χ1n) is 7.47. The van der Waals surface area contributed by atoms with E-state index in [2.05, 4.69) is 22.2 Å². The number of benzene rings is 1. The quantitative estimate of drug-likeness (QED) is 0.626. The first-order chi connectivity index (χ1) is 10.3. The van der Waals surface area contributed by atoms with Crippen LogP contribution in [0, 0.1) is 0 Å². The summed E-state index contributed by atoms with van der Waals surface area (Å²) in [4.78, 5) is 20.4. The van der Waals surface area contributed by atoms with Crippen molar-refractivity contribution < 1.29 is 4.79 Å². The molecule has 4 heteroatoms. The summed E-state index contributed by atoms with van der Waals surface area (Å²) in [7, 11) is 0. The Morgan fingerprint density at radius 2 is 2.00 bits per heavy atom. The summed E-state index contributed by atoms with van der Waals surface area (Å²) in [5.41, 5.74) is 2.38. The van der Waals surface area contributed by atoms with E-state index in [-0.39, 0.29) is 5.91 Å². The number of carbonyl (C=O) groups excluding carboxylic acids is 1. The van der Waals surface area contributed by atoms with Crippen LogP contribution in [0.5, 0.6) is 0 Å². The molecule has 0 aliphatic heterocycles. The summed E-state index contributed by atoms with van der Waals surface area (Å²) in [6, 6.07) is 7.68. The monoisotopic (exact) mass is 283 g/mol. The Bertz CT molecular complexity index is 622. The van der Waals surface area contributed by atoms with Crippen molar-refractivity contribution in [3.8, 4) is 0 Å². The van der Waals surface area contributed by atoms with Crippen LogP contribution in [0.15, 0.2) is 36.5 Å². The maximum Gasteiger partial charge on any atom is 0.244 e. The van der Waals surface area contributed by atoms with Crippen molar-refractivity contribution >= 4 is 23.0 Å². The van der Waals surface area contributed by atoms with E-state index in [9.17, 15) is 4.79 Å². The molecule has 1 heterocycles. The largest absolute Gasteiger partial charge is 0.353 e. The van der Waals surface area contributed by atoms with Crippen LogP contribution in [0.1, 0.15) is 38.3 Å². The number of carbonyl (C=O) groups is 1. The molecule has 4 nitrogen and oxygen atoms in total. The number of aromatic nitrogens is 2. The highest BCUT2D eigenvalue weighted by molar-refractivity contribution is 5.91. The number of hydrogen-bond donors (Lipinski definition) is 1. The van der Waals surface area contributed by atoms with Crippen molar-refractivity contribution in [1.29, 1.82) is 0 Å². The molecule has 2 rings (SSSR count). The van der Waals surface area contributed by atoms with E-state index in [1.807, 2.05) is 24.3 Å². The van der Waals surface area contributed by atoms with Gasteiger partial charge in [0.1, 0.15) is 0 Å². The van der Waals surface area contributed by atoms with Crippen molar-refractivity contribution in [2.45, 2.75) is 32.6 Å². The Kier molecular flexibility index (Phi) is 5.88. The van der Waals surface area contributed by atoms with Crippen LogP contribution in [0.3, 0.4) is 0 Å². The van der Waals surface area contributed by atoms with Gasteiger partial charge in [0, 0.05) is 12.6 Å². The van der Waals surface area contributed by atoms with Gasteiger partial charge in [-0.15, -0.1) is 0 Å². The van der Waals surface area contributed by atoms with Gasteiger partial charge in [-0.2, -0.15) is 0 Å². The highest BCUT2D eigenvalue weighted by Crippen LogP contribution is 2.09. The van der Waals surface area contributed by atoms with Gasteiger partial charge in [-0.3, -0.25) is 9.78 Å². The minimum Gasteiger partial charge on any atom is -0.353 e. The normalized spacial score (nSPS) is 11.1. The molecule has 0 bridgehead atoms. The van der Waals surface area contributed by atoms with Gasteiger partial charge in [-0.1, -0.05) is 38.3 Å². The fourth-order valence-electron chi connectivity index (χ4n) is 2.04. The van der Waals surface area contributed by atoms with Gasteiger partial charge in [0.2, 0.25) is 5.91 Å². The number of nitrogens with zero attached hydrogens (tertiary/aromatic N) is 2. The van der Waals surface area contributed by atoms with Crippen LogP contribution in [-0.2, 0) is 4.79 Å². The van der Waals surface area contributed by atoms with Crippen LogP contribution in [0.25, 0.3) is 17.1 Å². The lowest BCUT2D eigenvalue weighted by Crippen LogP contribution is -2.21. The molecule has 0 saturated heterocycles. The third-order valence-corrected chi connectivity index (χ3v) is 3.20. The molecule has 110 valence electrons. The van der Waals surface area contributed by atoms with Gasteiger partial charge < -0.3 is 5.32 Å². The van der Waals surface area contributed by atoms with Gasteiger partial charge in [-0.25, -0.2) is 4.98 Å². The molecule has 1 aromatic heterocycles. The Morgan fingerprint density at radius 1 is 1.19 bits per heavy atom. The number of unbranched alkanes of at least 4 members (excludes halogenated alkanes) is 3. The minimum absolute atomic E-state index is 0.0820. The van der Waals surface area contributed by atoms with Crippen molar-refractivity contribution in [2.24, 2.45) is 0 Å². The Balaban J connectivity index is 1.85. The molecule has 0 aliphatic carbocycles. The molecule has 1 amide bonds. The predicted octanol–water partition coefficient (Wildman–Crippen LogP) is 3.34. The third-order valence-electron chi connectivity index (χ3n) is 3.20. The van der Waals surface area contributed by atoms with E-state index in [1.165, 1.54) is 18.9 Å². The van der Waals surface area contributed by atoms with E-state index >= 15 is 0 Å². The molecule has 0 atom stereocenters. The highest BCUT2D eigenvalue weighted by atomic mass is 16.1. The molecule has 0 aliphatic rings. The molecule has 0 fully saturated rings. The first-order valence-corrected chi connectivity index (χ1v) is 7.47. The average Bonchev–Trinajstić information content (AvgIpc) is 2.52. The summed E-state index contributed by atoms with van der Waals surface area (Å²) >= 11 is 0. The van der Waals surface area contributed by atoms with E-state index < -0.39 is 0 Å². The van der Waals surface area contributed by atoms with Crippen molar-refractivity contribution in [2.75, 3.05) is 6.54 Å². The van der Waals surface area contributed by atoms with Gasteiger partial charge in [0.15, 0.2) is 0 Å². The maximum atomic E-state index is 11.7. The van der Waals surface area contributed by atoms with Crippen LogP contribution < -0.4 is 5.32 Å². The Hall–Kier alpha value is -2.23.